The molecule has 2 heterocycles. The number of rotatable bonds is 4. The topological polar surface area (TPSA) is 54.9 Å². The third-order valence-electron chi connectivity index (χ3n) is 3.11. The third kappa shape index (κ3) is 3.57. The Kier molecular flexibility index (Phi) is 4.38. The van der Waals surface area contributed by atoms with E-state index in [0.717, 1.165) is 11.6 Å². The minimum absolute atomic E-state index is 0.00779. The van der Waals surface area contributed by atoms with Crippen molar-refractivity contribution in [1.82, 2.24) is 9.97 Å². The SMILES string of the molecule is O=C(Cc1cccc(F)c1F)Nc1nc(-c2ccncc2)cs1. The number of nitrogens with one attached hydrogen (secondary N) is 1. The maximum absolute atomic E-state index is 13.6. The van der Waals surface area contributed by atoms with E-state index in [0.29, 0.717) is 10.8 Å². The van der Waals surface area contributed by atoms with Gasteiger partial charge in [0.15, 0.2) is 16.8 Å². The molecule has 7 heteroatoms. The monoisotopic (exact) mass is 331 g/mol. The van der Waals surface area contributed by atoms with E-state index < -0.39 is 17.5 Å². The molecular weight excluding hydrogens is 320 g/mol. The van der Waals surface area contributed by atoms with Crippen molar-refractivity contribution in [2.45, 2.75) is 6.42 Å². The lowest BCUT2D eigenvalue weighted by Gasteiger charge is -2.04. The second-order valence-electron chi connectivity index (χ2n) is 4.71. The summed E-state index contributed by atoms with van der Waals surface area (Å²) in [5, 5.41) is 4.79. The first-order chi connectivity index (χ1) is 11.1. The Hall–Kier alpha value is -2.67. The van der Waals surface area contributed by atoms with Crippen molar-refractivity contribution in [2.75, 3.05) is 5.32 Å². The van der Waals surface area contributed by atoms with E-state index in [9.17, 15) is 13.6 Å². The molecule has 4 nitrogen and oxygen atoms in total. The molecule has 0 fully saturated rings. The molecule has 23 heavy (non-hydrogen) atoms. The van der Waals surface area contributed by atoms with Crippen LogP contribution in [0.3, 0.4) is 0 Å². The normalized spacial score (nSPS) is 10.5. The van der Waals surface area contributed by atoms with E-state index >= 15 is 0 Å². The molecular formula is C16H11F2N3OS. The molecule has 1 N–H and O–H groups in total. The van der Waals surface area contributed by atoms with Crippen molar-refractivity contribution in [3.8, 4) is 11.3 Å². The van der Waals surface area contributed by atoms with Crippen LogP contribution in [0.2, 0.25) is 0 Å². The Balaban J connectivity index is 1.69. The summed E-state index contributed by atoms with van der Waals surface area (Å²) in [6, 6.07) is 7.37. The van der Waals surface area contributed by atoms with Gasteiger partial charge in [0.05, 0.1) is 12.1 Å². The van der Waals surface area contributed by atoms with Gasteiger partial charge in [0.25, 0.3) is 0 Å². The molecule has 0 unspecified atom stereocenters. The second-order valence-corrected chi connectivity index (χ2v) is 5.57. The number of thiazole rings is 1. The predicted molar refractivity (Wildman–Crippen MR) is 84.0 cm³/mol. The number of benzene rings is 1. The molecule has 2 aromatic heterocycles. The van der Waals surface area contributed by atoms with Crippen molar-refractivity contribution in [3.05, 3.63) is 65.3 Å². The van der Waals surface area contributed by atoms with Gasteiger partial charge in [-0.3, -0.25) is 9.78 Å². The summed E-state index contributed by atoms with van der Waals surface area (Å²) in [6.07, 6.45) is 3.05. The van der Waals surface area contributed by atoms with Gasteiger partial charge in [0, 0.05) is 28.9 Å². The molecule has 0 aliphatic rings. The maximum atomic E-state index is 13.6. The van der Waals surface area contributed by atoms with Gasteiger partial charge >= 0.3 is 0 Å². The summed E-state index contributed by atoms with van der Waals surface area (Å²) in [5.74, 6) is -2.42. The number of nitrogens with zero attached hydrogens (tertiary/aromatic N) is 2. The molecule has 116 valence electrons. The number of carbonyl (C=O) groups is 1. The first-order valence-electron chi connectivity index (χ1n) is 6.72. The highest BCUT2D eigenvalue weighted by Crippen LogP contribution is 2.24. The minimum atomic E-state index is -1.00. The summed E-state index contributed by atoms with van der Waals surface area (Å²) in [4.78, 5) is 20.2. The predicted octanol–water partition coefficient (Wildman–Crippen LogP) is 3.66. The van der Waals surface area contributed by atoms with Crippen LogP contribution < -0.4 is 5.32 Å². The largest absolute Gasteiger partial charge is 0.302 e. The van der Waals surface area contributed by atoms with Gasteiger partial charge in [-0.1, -0.05) is 12.1 Å². The molecule has 3 aromatic rings. The van der Waals surface area contributed by atoms with Crippen LogP contribution in [0.4, 0.5) is 13.9 Å². The van der Waals surface area contributed by atoms with Crippen LogP contribution in [-0.2, 0) is 11.2 Å². The highest BCUT2D eigenvalue weighted by atomic mass is 32.1. The Morgan fingerprint density at radius 1 is 1.17 bits per heavy atom. The minimum Gasteiger partial charge on any atom is -0.302 e. The second kappa shape index (κ2) is 6.62. The van der Waals surface area contributed by atoms with Crippen LogP contribution in [0.25, 0.3) is 11.3 Å². The van der Waals surface area contributed by atoms with Gasteiger partial charge in [0.2, 0.25) is 5.91 Å². The van der Waals surface area contributed by atoms with Gasteiger partial charge in [0.1, 0.15) is 0 Å². The van der Waals surface area contributed by atoms with Crippen molar-refractivity contribution in [2.24, 2.45) is 0 Å². The van der Waals surface area contributed by atoms with Crippen molar-refractivity contribution in [3.63, 3.8) is 0 Å². The van der Waals surface area contributed by atoms with Crippen LogP contribution in [0.5, 0.6) is 0 Å². The molecule has 0 bridgehead atoms. The van der Waals surface area contributed by atoms with E-state index in [1.54, 1.807) is 17.8 Å². The summed E-state index contributed by atoms with van der Waals surface area (Å²) >= 11 is 1.26. The average molecular weight is 331 g/mol. The number of amides is 1. The van der Waals surface area contributed by atoms with Gasteiger partial charge in [-0.25, -0.2) is 13.8 Å². The summed E-state index contributed by atoms with van der Waals surface area (Å²) < 4.78 is 26.7. The van der Waals surface area contributed by atoms with Crippen LogP contribution >= 0.6 is 11.3 Å². The number of anilines is 1. The van der Waals surface area contributed by atoms with E-state index in [2.05, 4.69) is 15.3 Å². The number of carbonyl (C=O) groups excluding carboxylic acids is 1. The van der Waals surface area contributed by atoms with Crippen molar-refractivity contribution < 1.29 is 13.6 Å². The molecule has 0 aliphatic heterocycles. The Bertz CT molecular complexity index is 836. The number of aromatic nitrogens is 2. The van der Waals surface area contributed by atoms with Crippen LogP contribution in [-0.4, -0.2) is 15.9 Å². The van der Waals surface area contributed by atoms with Gasteiger partial charge in [-0.15, -0.1) is 11.3 Å². The molecule has 0 saturated carbocycles. The lowest BCUT2D eigenvalue weighted by Crippen LogP contribution is -2.15. The fourth-order valence-corrected chi connectivity index (χ4v) is 2.74. The van der Waals surface area contributed by atoms with E-state index in [1.165, 1.54) is 23.5 Å². The smallest absolute Gasteiger partial charge is 0.230 e. The maximum Gasteiger partial charge on any atom is 0.230 e. The number of hydrogen-bond donors (Lipinski definition) is 1. The highest BCUT2D eigenvalue weighted by Gasteiger charge is 2.13. The van der Waals surface area contributed by atoms with Crippen molar-refractivity contribution in [1.29, 1.82) is 0 Å². The summed E-state index contributed by atoms with van der Waals surface area (Å²) in [5.41, 5.74) is 1.60. The van der Waals surface area contributed by atoms with Crippen LogP contribution in [0, 0.1) is 11.6 Å². The number of hydrogen-bond acceptors (Lipinski definition) is 4. The third-order valence-corrected chi connectivity index (χ3v) is 3.87. The zero-order valence-corrected chi connectivity index (χ0v) is 12.6. The van der Waals surface area contributed by atoms with Gasteiger partial charge in [-0.2, -0.15) is 0 Å². The highest BCUT2D eigenvalue weighted by molar-refractivity contribution is 7.14. The lowest BCUT2D eigenvalue weighted by molar-refractivity contribution is -0.115. The molecule has 1 aromatic carbocycles. The fourth-order valence-electron chi connectivity index (χ4n) is 2.01. The Labute approximate surface area is 134 Å². The van der Waals surface area contributed by atoms with Crippen molar-refractivity contribution >= 4 is 22.4 Å². The van der Waals surface area contributed by atoms with Gasteiger partial charge < -0.3 is 5.32 Å². The first-order valence-corrected chi connectivity index (χ1v) is 7.60. The molecule has 0 atom stereocenters. The zero-order chi connectivity index (χ0) is 16.2. The summed E-state index contributed by atoms with van der Waals surface area (Å²) in [6.45, 7) is 0. The lowest BCUT2D eigenvalue weighted by atomic mass is 10.1. The number of pyridine rings is 1. The van der Waals surface area contributed by atoms with E-state index in [-0.39, 0.29) is 12.0 Å². The van der Waals surface area contributed by atoms with Crippen LogP contribution in [0.15, 0.2) is 48.1 Å². The molecule has 0 radical (unpaired) electrons. The quantitative estimate of drug-likeness (QED) is 0.794. The zero-order valence-electron chi connectivity index (χ0n) is 11.8. The van der Waals surface area contributed by atoms with Crippen LogP contribution in [0.1, 0.15) is 5.56 Å². The Morgan fingerprint density at radius 3 is 2.74 bits per heavy atom. The first kappa shape index (κ1) is 15.2. The molecule has 0 aliphatic carbocycles. The summed E-state index contributed by atoms with van der Waals surface area (Å²) in [7, 11) is 0. The average Bonchev–Trinajstić information content (AvgIpc) is 3.01. The van der Waals surface area contributed by atoms with Gasteiger partial charge in [-0.05, 0) is 18.2 Å². The molecule has 0 saturated heterocycles. The standard InChI is InChI=1S/C16H11F2N3OS/c17-12-3-1-2-11(15(12)18)8-14(22)21-16-20-13(9-23-16)10-4-6-19-7-5-10/h1-7,9H,8H2,(H,20,21,22). The van der Waals surface area contributed by atoms with E-state index in [4.69, 9.17) is 0 Å². The molecule has 3 rings (SSSR count). The van der Waals surface area contributed by atoms with E-state index in [1.807, 2.05) is 12.1 Å². The Morgan fingerprint density at radius 2 is 1.96 bits per heavy atom. The number of halogens is 2. The molecule has 0 spiro atoms. The fraction of sp³-hybridized carbons (Fsp3) is 0.0625. The molecule has 1 amide bonds.